The lowest BCUT2D eigenvalue weighted by Crippen LogP contribution is -1.99. The Morgan fingerprint density at radius 2 is 2.29 bits per heavy atom. The summed E-state index contributed by atoms with van der Waals surface area (Å²) in [5.41, 5.74) is 5.97. The van der Waals surface area contributed by atoms with Gasteiger partial charge in [0.2, 0.25) is 17.7 Å². The van der Waals surface area contributed by atoms with E-state index in [-0.39, 0.29) is 5.95 Å². The van der Waals surface area contributed by atoms with E-state index in [0.29, 0.717) is 17.5 Å². The quantitative estimate of drug-likeness (QED) is 0.754. The van der Waals surface area contributed by atoms with Gasteiger partial charge in [-0.2, -0.15) is 4.98 Å². The van der Waals surface area contributed by atoms with Gasteiger partial charge in [0.15, 0.2) is 0 Å². The number of anilines is 1. The monoisotopic (exact) mass is 192 g/mol. The molecule has 2 heterocycles. The van der Waals surface area contributed by atoms with E-state index in [4.69, 9.17) is 14.9 Å². The molecular weight excluding hydrogens is 184 g/mol. The molecule has 0 aliphatic heterocycles. The number of nitrogen functional groups attached to an aromatic ring is 1. The third-order valence-corrected chi connectivity index (χ3v) is 1.58. The highest BCUT2D eigenvalue weighted by molar-refractivity contribution is 5.50. The molecule has 0 fully saturated rings. The topological polar surface area (TPSA) is 87.1 Å². The van der Waals surface area contributed by atoms with E-state index >= 15 is 0 Å². The van der Waals surface area contributed by atoms with Crippen molar-refractivity contribution in [1.82, 2.24) is 15.0 Å². The number of aromatic nitrogens is 3. The van der Waals surface area contributed by atoms with Gasteiger partial charge in [0.1, 0.15) is 12.0 Å². The molecule has 0 spiro atoms. The molecule has 0 saturated carbocycles. The minimum atomic E-state index is 0.123. The fraction of sp³-hybridized carbons (Fsp3) is 0.125. The lowest BCUT2D eigenvalue weighted by atomic mass is 10.4. The van der Waals surface area contributed by atoms with Crippen LogP contribution in [-0.4, -0.2) is 22.1 Å². The lowest BCUT2D eigenvalue weighted by molar-refractivity contribution is 0.397. The first kappa shape index (κ1) is 8.49. The molecule has 0 amide bonds. The van der Waals surface area contributed by atoms with Crippen molar-refractivity contribution in [2.45, 2.75) is 0 Å². The van der Waals surface area contributed by atoms with E-state index < -0.39 is 0 Å². The standard InChI is InChI=1S/C8H8N4O2/c1-13-6-4-5(11-8(9)12-6)7-10-2-3-14-7/h2-4H,1H3,(H2,9,11,12). The summed E-state index contributed by atoms with van der Waals surface area (Å²) in [6.07, 6.45) is 2.99. The summed E-state index contributed by atoms with van der Waals surface area (Å²) in [6.45, 7) is 0. The van der Waals surface area contributed by atoms with Crippen LogP contribution in [0.3, 0.4) is 0 Å². The molecule has 0 unspecified atom stereocenters. The number of hydrogen-bond donors (Lipinski definition) is 1. The summed E-state index contributed by atoms with van der Waals surface area (Å²) >= 11 is 0. The molecule has 0 aromatic carbocycles. The first-order valence-corrected chi connectivity index (χ1v) is 3.88. The second-order valence-corrected chi connectivity index (χ2v) is 2.49. The Balaban J connectivity index is 2.48. The predicted octanol–water partition coefficient (Wildman–Crippen LogP) is 0.722. The van der Waals surface area contributed by atoms with Crippen molar-refractivity contribution >= 4 is 5.95 Å². The van der Waals surface area contributed by atoms with Crippen molar-refractivity contribution in [1.29, 1.82) is 0 Å². The summed E-state index contributed by atoms with van der Waals surface area (Å²) in [5, 5.41) is 0. The smallest absolute Gasteiger partial charge is 0.245 e. The largest absolute Gasteiger partial charge is 0.481 e. The lowest BCUT2D eigenvalue weighted by Gasteiger charge is -2.01. The van der Waals surface area contributed by atoms with Gasteiger partial charge in [0.25, 0.3) is 0 Å². The highest BCUT2D eigenvalue weighted by Crippen LogP contribution is 2.19. The third-order valence-electron chi connectivity index (χ3n) is 1.58. The molecule has 0 saturated heterocycles. The molecule has 6 heteroatoms. The zero-order valence-corrected chi connectivity index (χ0v) is 7.47. The van der Waals surface area contributed by atoms with E-state index in [1.54, 1.807) is 6.07 Å². The normalized spacial score (nSPS) is 10.1. The molecule has 72 valence electrons. The molecule has 2 rings (SSSR count). The Kier molecular flexibility index (Phi) is 2.02. The van der Waals surface area contributed by atoms with E-state index in [1.807, 2.05) is 0 Å². The van der Waals surface area contributed by atoms with Crippen LogP contribution in [0.4, 0.5) is 5.95 Å². The molecular formula is C8H8N4O2. The molecule has 6 nitrogen and oxygen atoms in total. The van der Waals surface area contributed by atoms with Gasteiger partial charge in [-0.3, -0.25) is 0 Å². The van der Waals surface area contributed by atoms with Crippen LogP contribution in [0.2, 0.25) is 0 Å². The van der Waals surface area contributed by atoms with Crippen LogP contribution in [0, 0.1) is 0 Å². The van der Waals surface area contributed by atoms with Crippen molar-refractivity contribution in [3.63, 3.8) is 0 Å². The number of methoxy groups -OCH3 is 1. The number of hydrogen-bond acceptors (Lipinski definition) is 6. The van der Waals surface area contributed by atoms with Crippen LogP contribution < -0.4 is 10.5 Å². The van der Waals surface area contributed by atoms with Crippen LogP contribution >= 0.6 is 0 Å². The highest BCUT2D eigenvalue weighted by atomic mass is 16.5. The van der Waals surface area contributed by atoms with Crippen LogP contribution in [0.1, 0.15) is 0 Å². The minimum Gasteiger partial charge on any atom is -0.481 e. The third kappa shape index (κ3) is 1.49. The number of oxazole rings is 1. The van der Waals surface area contributed by atoms with Gasteiger partial charge in [-0.15, -0.1) is 0 Å². The molecule has 2 N–H and O–H groups in total. The van der Waals surface area contributed by atoms with Gasteiger partial charge in [0.05, 0.1) is 13.3 Å². The molecule has 2 aromatic rings. The van der Waals surface area contributed by atoms with Crippen LogP contribution in [-0.2, 0) is 0 Å². The van der Waals surface area contributed by atoms with Gasteiger partial charge in [-0.25, -0.2) is 9.97 Å². The van der Waals surface area contributed by atoms with Crippen LogP contribution in [0.25, 0.3) is 11.6 Å². The van der Waals surface area contributed by atoms with E-state index in [9.17, 15) is 0 Å². The Hall–Kier alpha value is -2.11. The zero-order chi connectivity index (χ0) is 9.97. The maximum Gasteiger partial charge on any atom is 0.245 e. The maximum absolute atomic E-state index is 5.47. The summed E-state index contributed by atoms with van der Waals surface area (Å²) in [7, 11) is 1.50. The zero-order valence-electron chi connectivity index (χ0n) is 7.47. The average molecular weight is 192 g/mol. The summed E-state index contributed by atoms with van der Waals surface area (Å²) in [5.74, 6) is 0.889. The predicted molar refractivity (Wildman–Crippen MR) is 48.5 cm³/mol. The summed E-state index contributed by atoms with van der Waals surface area (Å²) < 4.78 is 9.99. The van der Waals surface area contributed by atoms with Crippen molar-refractivity contribution in [3.8, 4) is 17.5 Å². The first-order chi connectivity index (χ1) is 6.79. The number of ether oxygens (including phenoxy) is 1. The van der Waals surface area contributed by atoms with Crippen LogP contribution in [0.5, 0.6) is 5.88 Å². The SMILES string of the molecule is COc1cc(-c2ncco2)nc(N)n1. The number of nitrogens with two attached hydrogens (primary N) is 1. The van der Waals surface area contributed by atoms with Crippen LogP contribution in [0.15, 0.2) is 22.9 Å². The molecule has 2 aromatic heterocycles. The van der Waals surface area contributed by atoms with Gasteiger partial charge >= 0.3 is 0 Å². The number of rotatable bonds is 2. The van der Waals surface area contributed by atoms with Gasteiger partial charge < -0.3 is 14.9 Å². The van der Waals surface area contributed by atoms with Crippen molar-refractivity contribution in [2.24, 2.45) is 0 Å². The van der Waals surface area contributed by atoms with Crippen molar-refractivity contribution in [3.05, 3.63) is 18.5 Å². The van der Waals surface area contributed by atoms with Crippen molar-refractivity contribution < 1.29 is 9.15 Å². The van der Waals surface area contributed by atoms with E-state index in [1.165, 1.54) is 19.6 Å². The Morgan fingerprint density at radius 3 is 2.93 bits per heavy atom. The van der Waals surface area contributed by atoms with E-state index in [2.05, 4.69) is 15.0 Å². The van der Waals surface area contributed by atoms with Crippen molar-refractivity contribution in [2.75, 3.05) is 12.8 Å². The Labute approximate surface area is 79.8 Å². The second-order valence-electron chi connectivity index (χ2n) is 2.49. The number of nitrogens with zero attached hydrogens (tertiary/aromatic N) is 3. The maximum atomic E-state index is 5.47. The summed E-state index contributed by atoms with van der Waals surface area (Å²) in [4.78, 5) is 11.7. The highest BCUT2D eigenvalue weighted by Gasteiger charge is 2.08. The molecule has 0 aliphatic rings. The first-order valence-electron chi connectivity index (χ1n) is 3.88. The fourth-order valence-electron chi connectivity index (χ4n) is 1.01. The molecule has 0 bridgehead atoms. The van der Waals surface area contributed by atoms with E-state index in [0.717, 1.165) is 0 Å². The minimum absolute atomic E-state index is 0.123. The average Bonchev–Trinajstić information content (AvgIpc) is 2.69. The second kappa shape index (κ2) is 3.33. The Bertz CT molecular complexity index is 427. The van der Waals surface area contributed by atoms with Gasteiger partial charge in [-0.05, 0) is 0 Å². The Morgan fingerprint density at radius 1 is 1.43 bits per heavy atom. The molecule has 0 atom stereocenters. The fourth-order valence-corrected chi connectivity index (χ4v) is 1.01. The van der Waals surface area contributed by atoms with Gasteiger partial charge in [-0.1, -0.05) is 0 Å². The summed E-state index contributed by atoms with van der Waals surface area (Å²) in [6, 6.07) is 1.60. The van der Waals surface area contributed by atoms with Gasteiger partial charge in [0, 0.05) is 6.07 Å². The molecule has 0 aliphatic carbocycles. The molecule has 0 radical (unpaired) electrons. The molecule has 14 heavy (non-hydrogen) atoms.